The van der Waals surface area contributed by atoms with Crippen molar-refractivity contribution in [2.45, 2.75) is 44.9 Å². The van der Waals surface area contributed by atoms with Gasteiger partial charge in [0.1, 0.15) is 0 Å². The van der Waals surface area contributed by atoms with Crippen molar-refractivity contribution in [2.24, 2.45) is 0 Å². The number of rotatable bonds is 2. The van der Waals surface area contributed by atoms with Gasteiger partial charge in [-0.2, -0.15) is 5.10 Å². The highest BCUT2D eigenvalue weighted by Gasteiger charge is 2.39. The van der Waals surface area contributed by atoms with Crippen molar-refractivity contribution in [1.29, 1.82) is 0 Å². The molecule has 126 valence electrons. The molecule has 2 aromatic rings. The Balaban J connectivity index is 1.82. The zero-order valence-electron chi connectivity index (χ0n) is 13.8. The van der Waals surface area contributed by atoms with Crippen LogP contribution in [0.2, 0.25) is 0 Å². The fourth-order valence-corrected chi connectivity index (χ4v) is 3.92. The predicted molar refractivity (Wildman–Crippen MR) is 90.1 cm³/mol. The van der Waals surface area contributed by atoms with Crippen LogP contribution in [0.1, 0.15) is 36.7 Å². The van der Waals surface area contributed by atoms with E-state index in [4.69, 9.17) is 4.74 Å². The van der Waals surface area contributed by atoms with Crippen LogP contribution in [0.4, 0.5) is 0 Å². The van der Waals surface area contributed by atoms with Gasteiger partial charge in [-0.05, 0) is 32.3 Å². The molecule has 0 spiro atoms. The van der Waals surface area contributed by atoms with Crippen LogP contribution in [0.5, 0.6) is 0 Å². The molecule has 0 N–H and O–H groups in total. The number of benzene rings is 1. The molecule has 1 amide bonds. The fourth-order valence-electron chi connectivity index (χ4n) is 3.92. The second kappa shape index (κ2) is 6.02. The Morgan fingerprint density at radius 1 is 1.29 bits per heavy atom. The topological polar surface area (TPSA) is 64.4 Å². The molecule has 1 saturated carbocycles. The van der Waals surface area contributed by atoms with Crippen molar-refractivity contribution in [3.05, 3.63) is 40.3 Å². The maximum atomic E-state index is 13.2. The standard InChI is InChI=1S/C18H21N3O3/c1-2-21-17(22)13-7-4-3-6-12(13)16(19-21)18(23)20-10-11-24-15-9-5-8-14(15)20/h3-4,6-7,14-15H,2,5,8-11H2,1H3/t14-,15+/m0/s1. The predicted octanol–water partition coefficient (Wildman–Crippen LogP) is 1.81. The summed E-state index contributed by atoms with van der Waals surface area (Å²) in [6, 6.07) is 7.37. The molecule has 0 radical (unpaired) electrons. The smallest absolute Gasteiger partial charge is 0.275 e. The summed E-state index contributed by atoms with van der Waals surface area (Å²) in [5, 5.41) is 5.57. The maximum absolute atomic E-state index is 13.2. The molecule has 1 aromatic carbocycles. The van der Waals surface area contributed by atoms with E-state index in [1.54, 1.807) is 6.07 Å². The van der Waals surface area contributed by atoms with E-state index in [-0.39, 0.29) is 23.6 Å². The molecule has 2 atom stereocenters. The summed E-state index contributed by atoms with van der Waals surface area (Å²) in [6.45, 7) is 3.46. The maximum Gasteiger partial charge on any atom is 0.275 e. The number of fused-ring (bicyclic) bond motifs is 2. The molecule has 4 rings (SSSR count). The van der Waals surface area contributed by atoms with Crippen LogP contribution in [0.3, 0.4) is 0 Å². The van der Waals surface area contributed by atoms with Crippen molar-refractivity contribution in [3.63, 3.8) is 0 Å². The summed E-state index contributed by atoms with van der Waals surface area (Å²) < 4.78 is 7.18. The SMILES string of the molecule is CCn1nc(C(=O)N2CCO[C@@H]3CCC[C@@H]32)c2ccccc2c1=O. The number of aromatic nitrogens is 2. The van der Waals surface area contributed by atoms with E-state index in [0.717, 1.165) is 19.3 Å². The number of amides is 1. The van der Waals surface area contributed by atoms with E-state index >= 15 is 0 Å². The van der Waals surface area contributed by atoms with Crippen LogP contribution in [0.25, 0.3) is 10.8 Å². The lowest BCUT2D eigenvalue weighted by Crippen LogP contribution is -2.51. The van der Waals surface area contributed by atoms with Gasteiger partial charge in [0.05, 0.1) is 24.1 Å². The van der Waals surface area contributed by atoms with E-state index < -0.39 is 0 Å². The Morgan fingerprint density at radius 3 is 2.88 bits per heavy atom. The lowest BCUT2D eigenvalue weighted by Gasteiger charge is -2.37. The number of hydrogen-bond acceptors (Lipinski definition) is 4. The van der Waals surface area contributed by atoms with Crippen molar-refractivity contribution in [3.8, 4) is 0 Å². The van der Waals surface area contributed by atoms with Gasteiger partial charge in [0.15, 0.2) is 5.69 Å². The second-order valence-corrected chi connectivity index (χ2v) is 6.42. The van der Waals surface area contributed by atoms with Crippen molar-refractivity contribution in [1.82, 2.24) is 14.7 Å². The summed E-state index contributed by atoms with van der Waals surface area (Å²) in [6.07, 6.45) is 3.21. The summed E-state index contributed by atoms with van der Waals surface area (Å²) in [5.41, 5.74) is 0.227. The van der Waals surface area contributed by atoms with Gasteiger partial charge in [-0.1, -0.05) is 18.2 Å². The molecule has 2 heterocycles. The summed E-state index contributed by atoms with van der Waals surface area (Å²) >= 11 is 0. The first-order chi connectivity index (χ1) is 11.7. The van der Waals surface area contributed by atoms with Gasteiger partial charge in [0, 0.05) is 18.5 Å². The van der Waals surface area contributed by atoms with Crippen LogP contribution >= 0.6 is 0 Å². The molecule has 1 saturated heterocycles. The van der Waals surface area contributed by atoms with E-state index in [2.05, 4.69) is 5.10 Å². The highest BCUT2D eigenvalue weighted by atomic mass is 16.5. The number of aryl methyl sites for hydroxylation is 1. The Morgan fingerprint density at radius 2 is 2.08 bits per heavy atom. The average Bonchev–Trinajstić information content (AvgIpc) is 3.10. The third-order valence-corrected chi connectivity index (χ3v) is 5.11. The molecule has 2 fully saturated rings. The first-order valence-corrected chi connectivity index (χ1v) is 8.63. The lowest BCUT2D eigenvalue weighted by molar-refractivity contribution is -0.0447. The number of carbonyl (C=O) groups is 1. The number of carbonyl (C=O) groups excluding carboxylic acids is 1. The van der Waals surface area contributed by atoms with E-state index in [9.17, 15) is 9.59 Å². The molecule has 1 aliphatic heterocycles. The molecular formula is C18H21N3O3. The number of hydrogen-bond donors (Lipinski definition) is 0. The zero-order chi connectivity index (χ0) is 16.7. The monoisotopic (exact) mass is 327 g/mol. The average molecular weight is 327 g/mol. The minimum absolute atomic E-state index is 0.0893. The molecular weight excluding hydrogens is 306 g/mol. The number of nitrogens with zero attached hydrogens (tertiary/aromatic N) is 3. The molecule has 6 heteroatoms. The van der Waals surface area contributed by atoms with Gasteiger partial charge in [-0.3, -0.25) is 9.59 Å². The quantitative estimate of drug-likeness (QED) is 0.844. The van der Waals surface area contributed by atoms with Gasteiger partial charge in [0.25, 0.3) is 11.5 Å². The van der Waals surface area contributed by atoms with Gasteiger partial charge >= 0.3 is 0 Å². The molecule has 1 aromatic heterocycles. The Bertz CT molecular complexity index is 845. The molecule has 0 bridgehead atoms. The van der Waals surface area contributed by atoms with Crippen molar-refractivity contribution in [2.75, 3.05) is 13.2 Å². The first-order valence-electron chi connectivity index (χ1n) is 8.63. The second-order valence-electron chi connectivity index (χ2n) is 6.42. The fraction of sp³-hybridized carbons (Fsp3) is 0.500. The Labute approximate surface area is 140 Å². The highest BCUT2D eigenvalue weighted by Crippen LogP contribution is 2.31. The van der Waals surface area contributed by atoms with Crippen LogP contribution in [0, 0.1) is 0 Å². The van der Waals surface area contributed by atoms with Crippen molar-refractivity contribution < 1.29 is 9.53 Å². The third-order valence-electron chi connectivity index (χ3n) is 5.11. The summed E-state index contributed by atoms with van der Waals surface area (Å²) in [7, 11) is 0. The van der Waals surface area contributed by atoms with E-state index in [1.165, 1.54) is 4.68 Å². The molecule has 1 aliphatic carbocycles. The summed E-state index contributed by atoms with van der Waals surface area (Å²) in [4.78, 5) is 27.6. The van der Waals surface area contributed by atoms with Crippen molar-refractivity contribution >= 4 is 16.7 Å². The van der Waals surface area contributed by atoms with Gasteiger partial charge in [0.2, 0.25) is 0 Å². The lowest BCUT2D eigenvalue weighted by atomic mass is 10.1. The molecule has 2 aliphatic rings. The third kappa shape index (κ3) is 2.33. The molecule has 24 heavy (non-hydrogen) atoms. The zero-order valence-corrected chi connectivity index (χ0v) is 13.8. The van der Waals surface area contributed by atoms with Gasteiger partial charge < -0.3 is 9.64 Å². The highest BCUT2D eigenvalue weighted by molar-refractivity contribution is 6.05. The van der Waals surface area contributed by atoms with Gasteiger partial charge in [-0.15, -0.1) is 0 Å². The minimum atomic E-state index is -0.148. The Hall–Kier alpha value is -2.21. The first kappa shape index (κ1) is 15.3. The number of ether oxygens (including phenoxy) is 1. The minimum Gasteiger partial charge on any atom is -0.374 e. The molecule has 0 unspecified atom stereocenters. The van der Waals surface area contributed by atoms with Crippen LogP contribution in [-0.2, 0) is 11.3 Å². The normalized spacial score (nSPS) is 23.5. The van der Waals surface area contributed by atoms with Crippen LogP contribution in [0.15, 0.2) is 29.1 Å². The van der Waals surface area contributed by atoms with E-state index in [0.29, 0.717) is 36.2 Å². The summed E-state index contributed by atoms with van der Waals surface area (Å²) in [5.74, 6) is -0.0893. The number of morpholine rings is 1. The van der Waals surface area contributed by atoms with E-state index in [1.807, 2.05) is 30.0 Å². The van der Waals surface area contributed by atoms with Gasteiger partial charge in [-0.25, -0.2) is 4.68 Å². The largest absolute Gasteiger partial charge is 0.374 e. The molecule has 6 nitrogen and oxygen atoms in total. The van der Waals surface area contributed by atoms with Crippen LogP contribution in [-0.4, -0.2) is 45.9 Å². The van der Waals surface area contributed by atoms with Crippen LogP contribution < -0.4 is 5.56 Å². The Kier molecular flexibility index (Phi) is 3.84.